The third kappa shape index (κ3) is 4.87. The second-order valence-electron chi connectivity index (χ2n) is 6.01. The van der Waals surface area contributed by atoms with Crippen LogP contribution in [0.3, 0.4) is 0 Å². The summed E-state index contributed by atoms with van der Waals surface area (Å²) in [4.78, 5) is 4.51. The van der Waals surface area contributed by atoms with Gasteiger partial charge in [-0.05, 0) is 33.6 Å². The lowest BCUT2D eigenvalue weighted by atomic mass is 9.98. The van der Waals surface area contributed by atoms with Gasteiger partial charge in [-0.2, -0.15) is 4.98 Å². The molecule has 0 aliphatic carbocycles. The van der Waals surface area contributed by atoms with E-state index in [0.717, 1.165) is 25.7 Å². The van der Waals surface area contributed by atoms with E-state index in [0.29, 0.717) is 24.2 Å². The third-order valence-electron chi connectivity index (χ3n) is 3.29. The highest BCUT2D eigenvalue weighted by molar-refractivity contribution is 5.04. The first-order valence-corrected chi connectivity index (χ1v) is 7.65. The summed E-state index contributed by atoms with van der Waals surface area (Å²) in [5, 5.41) is 4.06. The van der Waals surface area contributed by atoms with Crippen molar-refractivity contribution in [3.8, 4) is 0 Å². The molecule has 1 heterocycles. The van der Waals surface area contributed by atoms with E-state index in [2.05, 4.69) is 24.0 Å². The van der Waals surface area contributed by atoms with Gasteiger partial charge in [0.1, 0.15) is 5.54 Å². The monoisotopic (exact) mass is 283 g/mol. The van der Waals surface area contributed by atoms with Crippen LogP contribution in [0, 0.1) is 0 Å². The molecular weight excluding hydrogens is 254 g/mol. The van der Waals surface area contributed by atoms with Crippen molar-refractivity contribution >= 4 is 0 Å². The highest BCUT2D eigenvalue weighted by Gasteiger charge is 2.29. The average Bonchev–Trinajstić information content (AvgIpc) is 2.86. The quantitative estimate of drug-likeness (QED) is 0.752. The van der Waals surface area contributed by atoms with Gasteiger partial charge in [0.05, 0.1) is 12.7 Å². The van der Waals surface area contributed by atoms with Gasteiger partial charge in [0, 0.05) is 5.92 Å². The van der Waals surface area contributed by atoms with E-state index >= 15 is 0 Å². The van der Waals surface area contributed by atoms with E-state index in [9.17, 15) is 0 Å². The number of aromatic nitrogens is 2. The van der Waals surface area contributed by atoms with Gasteiger partial charge < -0.3 is 15.0 Å². The summed E-state index contributed by atoms with van der Waals surface area (Å²) < 4.78 is 11.0. The molecule has 1 rings (SSSR count). The van der Waals surface area contributed by atoms with Crippen LogP contribution in [0.2, 0.25) is 0 Å². The smallest absolute Gasteiger partial charge is 0.229 e. The van der Waals surface area contributed by atoms with Crippen molar-refractivity contribution in [2.45, 2.75) is 77.9 Å². The summed E-state index contributed by atoms with van der Waals surface area (Å²) in [7, 11) is 0. The predicted octanol–water partition coefficient (Wildman–Crippen LogP) is 3.35. The standard InChI is InChI=1S/C15H29N3O2/c1-6-8-12(9-7-2)13-17-14(18-20-13)15(5,16)10-19-11(3)4/h11-12H,6-10,16H2,1-5H3. The largest absolute Gasteiger partial charge is 0.376 e. The van der Waals surface area contributed by atoms with E-state index in [1.165, 1.54) is 0 Å². The highest BCUT2D eigenvalue weighted by atomic mass is 16.5. The van der Waals surface area contributed by atoms with Gasteiger partial charge in [0.15, 0.2) is 5.82 Å². The van der Waals surface area contributed by atoms with Gasteiger partial charge >= 0.3 is 0 Å². The predicted molar refractivity (Wildman–Crippen MR) is 79.5 cm³/mol. The maximum absolute atomic E-state index is 6.24. The van der Waals surface area contributed by atoms with Crippen molar-refractivity contribution in [1.29, 1.82) is 0 Å². The van der Waals surface area contributed by atoms with Gasteiger partial charge in [-0.3, -0.25) is 0 Å². The molecule has 0 bridgehead atoms. The Morgan fingerprint density at radius 2 is 1.85 bits per heavy atom. The second kappa shape index (κ2) is 7.74. The molecule has 0 amide bonds. The molecule has 5 nitrogen and oxygen atoms in total. The molecule has 0 aromatic carbocycles. The molecule has 0 radical (unpaired) electrons. The van der Waals surface area contributed by atoms with Crippen molar-refractivity contribution < 1.29 is 9.26 Å². The van der Waals surface area contributed by atoms with Crippen LogP contribution in [0.25, 0.3) is 0 Å². The van der Waals surface area contributed by atoms with Crippen LogP contribution in [-0.4, -0.2) is 22.9 Å². The summed E-state index contributed by atoms with van der Waals surface area (Å²) in [5.41, 5.74) is 5.52. The number of rotatable bonds is 9. The minimum Gasteiger partial charge on any atom is -0.376 e. The Bertz CT molecular complexity index is 382. The molecule has 2 N–H and O–H groups in total. The van der Waals surface area contributed by atoms with Crippen LogP contribution in [0.15, 0.2) is 4.52 Å². The van der Waals surface area contributed by atoms with Crippen molar-refractivity contribution in [3.05, 3.63) is 11.7 Å². The molecule has 0 saturated carbocycles. The summed E-state index contributed by atoms with van der Waals surface area (Å²) in [6.07, 6.45) is 4.49. The summed E-state index contributed by atoms with van der Waals surface area (Å²) in [5.74, 6) is 1.59. The van der Waals surface area contributed by atoms with Crippen molar-refractivity contribution in [1.82, 2.24) is 10.1 Å². The summed E-state index contributed by atoms with van der Waals surface area (Å²) in [6, 6.07) is 0. The van der Waals surface area contributed by atoms with Crippen molar-refractivity contribution in [2.24, 2.45) is 5.73 Å². The molecule has 0 spiro atoms. The van der Waals surface area contributed by atoms with Gasteiger partial charge in [-0.25, -0.2) is 0 Å². The average molecular weight is 283 g/mol. The molecule has 1 aromatic rings. The molecule has 0 aliphatic rings. The van der Waals surface area contributed by atoms with Crippen LogP contribution in [0.5, 0.6) is 0 Å². The molecule has 20 heavy (non-hydrogen) atoms. The fraction of sp³-hybridized carbons (Fsp3) is 0.867. The lowest BCUT2D eigenvalue weighted by molar-refractivity contribution is 0.0410. The zero-order chi connectivity index (χ0) is 15.2. The zero-order valence-corrected chi connectivity index (χ0v) is 13.5. The van der Waals surface area contributed by atoms with E-state index in [1.807, 2.05) is 20.8 Å². The molecular formula is C15H29N3O2. The van der Waals surface area contributed by atoms with Crippen molar-refractivity contribution in [2.75, 3.05) is 6.61 Å². The number of hydrogen-bond donors (Lipinski definition) is 1. The van der Waals surface area contributed by atoms with Gasteiger partial charge in [0.25, 0.3) is 0 Å². The van der Waals surface area contributed by atoms with Gasteiger partial charge in [0.2, 0.25) is 5.89 Å². The highest BCUT2D eigenvalue weighted by Crippen LogP contribution is 2.26. The summed E-state index contributed by atoms with van der Waals surface area (Å²) in [6.45, 7) is 10.6. The van der Waals surface area contributed by atoms with Gasteiger partial charge in [-0.1, -0.05) is 31.8 Å². The SMILES string of the molecule is CCCC(CCC)c1nc(C(C)(N)COC(C)C)no1. The molecule has 1 unspecified atom stereocenters. The lowest BCUT2D eigenvalue weighted by Crippen LogP contribution is -2.40. The maximum atomic E-state index is 6.24. The number of nitrogens with two attached hydrogens (primary N) is 1. The Morgan fingerprint density at radius 1 is 1.25 bits per heavy atom. The number of ether oxygens (including phenoxy) is 1. The Kier molecular flexibility index (Phi) is 6.62. The molecule has 0 saturated heterocycles. The molecule has 5 heteroatoms. The van der Waals surface area contributed by atoms with Crippen molar-refractivity contribution in [3.63, 3.8) is 0 Å². The summed E-state index contributed by atoms with van der Waals surface area (Å²) >= 11 is 0. The van der Waals surface area contributed by atoms with E-state index in [-0.39, 0.29) is 6.10 Å². The van der Waals surface area contributed by atoms with E-state index < -0.39 is 5.54 Å². The topological polar surface area (TPSA) is 74.2 Å². The first-order chi connectivity index (χ1) is 9.40. The van der Waals surface area contributed by atoms with Crippen LogP contribution in [0.1, 0.15) is 77.9 Å². The Morgan fingerprint density at radius 3 is 2.35 bits per heavy atom. The van der Waals surface area contributed by atoms with Crippen LogP contribution in [-0.2, 0) is 10.3 Å². The fourth-order valence-electron chi connectivity index (χ4n) is 2.13. The Hall–Kier alpha value is -0.940. The lowest BCUT2D eigenvalue weighted by Gasteiger charge is -2.21. The minimum absolute atomic E-state index is 0.136. The molecule has 1 aromatic heterocycles. The number of nitrogens with zero attached hydrogens (tertiary/aromatic N) is 2. The van der Waals surface area contributed by atoms with Crippen LogP contribution >= 0.6 is 0 Å². The van der Waals surface area contributed by atoms with E-state index in [4.69, 9.17) is 15.0 Å². The van der Waals surface area contributed by atoms with Gasteiger partial charge in [-0.15, -0.1) is 0 Å². The number of hydrogen-bond acceptors (Lipinski definition) is 5. The molecule has 116 valence electrons. The Balaban J connectivity index is 2.78. The van der Waals surface area contributed by atoms with E-state index in [1.54, 1.807) is 0 Å². The molecule has 1 atom stereocenters. The second-order valence-corrected chi connectivity index (χ2v) is 6.01. The third-order valence-corrected chi connectivity index (χ3v) is 3.29. The minimum atomic E-state index is -0.713. The first-order valence-electron chi connectivity index (χ1n) is 7.65. The fourth-order valence-corrected chi connectivity index (χ4v) is 2.13. The Labute approximate surface area is 122 Å². The zero-order valence-electron chi connectivity index (χ0n) is 13.5. The molecule has 0 fully saturated rings. The van der Waals surface area contributed by atoms with Crippen LogP contribution < -0.4 is 5.73 Å². The maximum Gasteiger partial charge on any atom is 0.229 e. The normalized spacial score (nSPS) is 15.0. The first kappa shape index (κ1) is 17.1. The van der Waals surface area contributed by atoms with Crippen LogP contribution in [0.4, 0.5) is 0 Å². The molecule has 0 aliphatic heterocycles.